The van der Waals surface area contributed by atoms with Gasteiger partial charge in [-0.05, 0) is 29.7 Å². The van der Waals surface area contributed by atoms with Gasteiger partial charge in [-0.2, -0.15) is 0 Å². The van der Waals surface area contributed by atoms with Gasteiger partial charge >= 0.3 is 5.97 Å². The molecule has 0 saturated carbocycles. The van der Waals surface area contributed by atoms with E-state index in [0.717, 1.165) is 16.3 Å². The molecule has 0 aromatic heterocycles. The third-order valence-corrected chi connectivity index (χ3v) is 3.16. The average molecular weight is 271 g/mol. The Bertz CT molecular complexity index is 628. The minimum atomic E-state index is -1.41. The van der Waals surface area contributed by atoms with Gasteiger partial charge in [-0.15, -0.1) is 0 Å². The number of carboxylic acid groups (broad SMARTS) is 1. The monoisotopic (exact) mass is 271 g/mol. The van der Waals surface area contributed by atoms with E-state index in [-0.39, 0.29) is 13.0 Å². The number of esters is 1. The Morgan fingerprint density at radius 1 is 1.15 bits per heavy atom. The normalized spacial score (nSPS) is 12.1. The Hall–Kier alpha value is -2.36. The molecule has 0 radical (unpaired) electrons. The molecule has 2 aromatic rings. The molecule has 1 atom stereocenters. The van der Waals surface area contributed by atoms with Crippen molar-refractivity contribution in [1.29, 1.82) is 0 Å². The smallest absolute Gasteiger partial charge is 0.314 e. The van der Waals surface area contributed by atoms with Crippen LogP contribution in [0.2, 0.25) is 0 Å². The summed E-state index contributed by atoms with van der Waals surface area (Å²) in [4.78, 5) is 22.8. The third-order valence-electron chi connectivity index (χ3n) is 3.16. The number of benzene rings is 2. The summed E-state index contributed by atoms with van der Waals surface area (Å²) in [5.41, 5.74) is 0.797. The molecule has 0 aliphatic heterocycles. The van der Waals surface area contributed by atoms with E-state index >= 15 is 0 Å². The first-order valence-corrected chi connectivity index (χ1v) is 6.47. The first kappa shape index (κ1) is 14.1. The highest BCUT2D eigenvalue weighted by Gasteiger charge is 2.22. The number of hydrogen-bond donors (Lipinski definition) is 0. The molecule has 0 aliphatic rings. The van der Waals surface area contributed by atoms with Crippen LogP contribution in [0.5, 0.6) is 0 Å². The van der Waals surface area contributed by atoms with Crippen LogP contribution in [-0.2, 0) is 20.7 Å². The number of carboxylic acids is 1. The molecular formula is C16H15O4-. The van der Waals surface area contributed by atoms with E-state index in [1.54, 1.807) is 6.92 Å². The maximum Gasteiger partial charge on any atom is 0.314 e. The van der Waals surface area contributed by atoms with E-state index in [0.29, 0.717) is 0 Å². The second-order valence-corrected chi connectivity index (χ2v) is 4.47. The van der Waals surface area contributed by atoms with Crippen LogP contribution < -0.4 is 5.11 Å². The SMILES string of the molecule is CCOC(=O)C(Cc1cccc2ccccc12)C(=O)[O-]. The van der Waals surface area contributed by atoms with E-state index in [1.807, 2.05) is 42.5 Å². The number of carbonyl (C=O) groups is 2. The zero-order valence-electron chi connectivity index (χ0n) is 11.2. The molecule has 0 fully saturated rings. The molecule has 2 aromatic carbocycles. The van der Waals surface area contributed by atoms with Crippen molar-refractivity contribution < 1.29 is 19.4 Å². The van der Waals surface area contributed by atoms with E-state index in [9.17, 15) is 14.7 Å². The number of aliphatic carboxylic acids is 1. The lowest BCUT2D eigenvalue weighted by Crippen LogP contribution is -2.38. The van der Waals surface area contributed by atoms with Gasteiger partial charge in [0.2, 0.25) is 0 Å². The minimum Gasteiger partial charge on any atom is -0.549 e. The van der Waals surface area contributed by atoms with E-state index in [4.69, 9.17) is 4.74 Å². The lowest BCUT2D eigenvalue weighted by atomic mass is 9.95. The Morgan fingerprint density at radius 3 is 2.55 bits per heavy atom. The van der Waals surface area contributed by atoms with Crippen LogP contribution >= 0.6 is 0 Å². The third kappa shape index (κ3) is 2.96. The molecule has 0 saturated heterocycles. The highest BCUT2D eigenvalue weighted by atomic mass is 16.5. The highest BCUT2D eigenvalue weighted by Crippen LogP contribution is 2.21. The van der Waals surface area contributed by atoms with E-state index < -0.39 is 17.9 Å². The first-order valence-electron chi connectivity index (χ1n) is 6.47. The molecule has 0 bridgehead atoms. The van der Waals surface area contributed by atoms with Crippen LogP contribution in [-0.4, -0.2) is 18.5 Å². The Labute approximate surface area is 117 Å². The summed E-state index contributed by atoms with van der Waals surface area (Å²) in [6, 6.07) is 13.2. The molecule has 0 heterocycles. The highest BCUT2D eigenvalue weighted by molar-refractivity contribution is 5.94. The summed E-state index contributed by atoms with van der Waals surface area (Å²) in [5.74, 6) is -3.43. The molecule has 2 rings (SSSR count). The fourth-order valence-electron chi connectivity index (χ4n) is 2.20. The van der Waals surface area contributed by atoms with Crippen molar-refractivity contribution in [3.8, 4) is 0 Å². The van der Waals surface area contributed by atoms with Crippen molar-refractivity contribution in [2.24, 2.45) is 5.92 Å². The molecule has 1 unspecified atom stereocenters. The maximum absolute atomic E-state index is 11.7. The molecule has 0 N–H and O–H groups in total. The van der Waals surface area contributed by atoms with Crippen LogP contribution in [0.4, 0.5) is 0 Å². The van der Waals surface area contributed by atoms with Gasteiger partial charge in [-0.3, -0.25) is 4.79 Å². The lowest BCUT2D eigenvalue weighted by molar-refractivity contribution is -0.310. The second-order valence-electron chi connectivity index (χ2n) is 4.47. The van der Waals surface area contributed by atoms with Crippen LogP contribution in [0, 0.1) is 5.92 Å². The average Bonchev–Trinajstić information content (AvgIpc) is 2.44. The van der Waals surface area contributed by atoms with Gasteiger partial charge in [-0.1, -0.05) is 42.5 Å². The van der Waals surface area contributed by atoms with Gasteiger partial charge in [0, 0.05) is 0 Å². The Balaban J connectivity index is 2.34. The van der Waals surface area contributed by atoms with Crippen molar-refractivity contribution in [1.82, 2.24) is 0 Å². The fraction of sp³-hybridized carbons (Fsp3) is 0.250. The molecular weight excluding hydrogens is 256 g/mol. The van der Waals surface area contributed by atoms with E-state index in [2.05, 4.69) is 0 Å². The topological polar surface area (TPSA) is 66.4 Å². The molecule has 0 spiro atoms. The van der Waals surface area contributed by atoms with E-state index in [1.165, 1.54) is 0 Å². The molecule has 0 aliphatic carbocycles. The number of ether oxygens (including phenoxy) is 1. The standard InChI is InChI=1S/C16H16O4/c1-2-20-16(19)14(15(17)18)10-12-8-5-7-11-6-3-4-9-13(11)12/h3-9,14H,2,10H2,1H3,(H,17,18)/p-1. The summed E-state index contributed by atoms with van der Waals surface area (Å²) in [6.45, 7) is 1.79. The lowest BCUT2D eigenvalue weighted by Gasteiger charge is -2.17. The van der Waals surface area contributed by atoms with Crippen molar-refractivity contribution in [3.05, 3.63) is 48.0 Å². The summed E-state index contributed by atoms with van der Waals surface area (Å²) >= 11 is 0. The summed E-state index contributed by atoms with van der Waals surface area (Å²) in [6.07, 6.45) is 0.0719. The van der Waals surface area contributed by atoms with Crippen LogP contribution in [0.15, 0.2) is 42.5 Å². The van der Waals surface area contributed by atoms with Crippen molar-refractivity contribution in [2.75, 3.05) is 6.61 Å². The number of carbonyl (C=O) groups excluding carboxylic acids is 2. The molecule has 20 heavy (non-hydrogen) atoms. The van der Waals surface area contributed by atoms with Crippen LogP contribution in [0.3, 0.4) is 0 Å². The summed E-state index contributed by atoms with van der Waals surface area (Å²) < 4.78 is 4.79. The van der Waals surface area contributed by atoms with Gasteiger partial charge in [0.15, 0.2) is 0 Å². The minimum absolute atomic E-state index is 0.0719. The van der Waals surface area contributed by atoms with Crippen molar-refractivity contribution in [3.63, 3.8) is 0 Å². The number of rotatable bonds is 5. The predicted molar refractivity (Wildman–Crippen MR) is 72.8 cm³/mol. The summed E-state index contributed by atoms with van der Waals surface area (Å²) in [7, 11) is 0. The first-order chi connectivity index (χ1) is 9.63. The molecule has 104 valence electrons. The van der Waals surface area contributed by atoms with Crippen LogP contribution in [0.1, 0.15) is 12.5 Å². The number of fused-ring (bicyclic) bond motifs is 1. The zero-order valence-corrected chi connectivity index (χ0v) is 11.2. The Kier molecular flexibility index (Phi) is 4.35. The molecule has 0 amide bonds. The van der Waals surface area contributed by atoms with Gasteiger partial charge in [0.05, 0.1) is 12.6 Å². The largest absolute Gasteiger partial charge is 0.549 e. The quantitative estimate of drug-likeness (QED) is 0.607. The predicted octanol–water partition coefficient (Wildman–Crippen LogP) is 1.31. The number of hydrogen-bond acceptors (Lipinski definition) is 4. The second kappa shape index (κ2) is 6.19. The van der Waals surface area contributed by atoms with Gasteiger partial charge in [-0.25, -0.2) is 0 Å². The molecule has 4 heteroatoms. The van der Waals surface area contributed by atoms with Crippen LogP contribution in [0.25, 0.3) is 10.8 Å². The summed E-state index contributed by atoms with van der Waals surface area (Å²) in [5, 5.41) is 13.1. The van der Waals surface area contributed by atoms with Gasteiger partial charge < -0.3 is 14.6 Å². The van der Waals surface area contributed by atoms with Gasteiger partial charge in [0.25, 0.3) is 0 Å². The van der Waals surface area contributed by atoms with Gasteiger partial charge in [0.1, 0.15) is 5.92 Å². The molecule has 4 nitrogen and oxygen atoms in total. The van der Waals surface area contributed by atoms with Crippen molar-refractivity contribution >= 4 is 22.7 Å². The fourth-order valence-corrected chi connectivity index (χ4v) is 2.20. The maximum atomic E-state index is 11.7. The zero-order chi connectivity index (χ0) is 14.5. The van der Waals surface area contributed by atoms with Crippen molar-refractivity contribution in [2.45, 2.75) is 13.3 Å². The Morgan fingerprint density at radius 2 is 1.85 bits per heavy atom.